The van der Waals surface area contributed by atoms with Gasteiger partial charge in [-0.25, -0.2) is 0 Å². The number of carbonyl (C=O) groups excluding carboxylic acids is 1. The third-order valence-electron chi connectivity index (χ3n) is 3.66. The minimum absolute atomic E-state index is 0.144. The van der Waals surface area contributed by atoms with Gasteiger partial charge in [-0.05, 0) is 43.2 Å². The van der Waals surface area contributed by atoms with Gasteiger partial charge in [0.15, 0.2) is 0 Å². The molecule has 0 radical (unpaired) electrons. The summed E-state index contributed by atoms with van der Waals surface area (Å²) in [7, 11) is 1.66. The average Bonchev–Trinajstić information content (AvgIpc) is 2.55. The Hall–Kier alpha value is -2.56. The number of pyridine rings is 1. The van der Waals surface area contributed by atoms with Gasteiger partial charge in [0.2, 0.25) is 0 Å². The first-order valence-electron chi connectivity index (χ1n) is 7.68. The third kappa shape index (κ3) is 4.45. The van der Waals surface area contributed by atoms with Crippen molar-refractivity contribution in [2.75, 3.05) is 20.2 Å². The molecule has 2 rings (SSSR count). The maximum Gasteiger partial charge on any atom is 0.260 e. The summed E-state index contributed by atoms with van der Waals surface area (Å²) in [5.74, 6) is 0.465. The maximum atomic E-state index is 12.3. The van der Waals surface area contributed by atoms with E-state index in [2.05, 4.69) is 11.9 Å². The molecular weight excluding hydrogens is 292 g/mol. The van der Waals surface area contributed by atoms with Crippen LogP contribution in [0.1, 0.15) is 28.5 Å². The number of rotatable bonds is 6. The summed E-state index contributed by atoms with van der Waals surface area (Å²) in [5, 5.41) is 0. The number of nitrogens with zero attached hydrogens (tertiary/aromatic N) is 1. The molecule has 1 N–H and O–H groups in total. The highest BCUT2D eigenvalue weighted by molar-refractivity contribution is 5.93. The van der Waals surface area contributed by atoms with Crippen molar-refractivity contribution in [2.24, 2.45) is 0 Å². The van der Waals surface area contributed by atoms with Gasteiger partial charge in [-0.2, -0.15) is 0 Å². The van der Waals surface area contributed by atoms with E-state index in [-0.39, 0.29) is 17.0 Å². The van der Waals surface area contributed by atoms with Crippen LogP contribution in [-0.2, 0) is 6.42 Å². The van der Waals surface area contributed by atoms with E-state index in [0.717, 1.165) is 17.9 Å². The number of H-pyrrole nitrogens is 1. The molecule has 0 saturated heterocycles. The van der Waals surface area contributed by atoms with Crippen LogP contribution in [0.3, 0.4) is 0 Å². The average molecular weight is 314 g/mol. The van der Waals surface area contributed by atoms with Gasteiger partial charge in [0.05, 0.1) is 6.54 Å². The number of benzene rings is 1. The van der Waals surface area contributed by atoms with Crippen molar-refractivity contribution in [2.45, 2.75) is 20.3 Å². The number of aromatic nitrogens is 1. The first-order valence-corrected chi connectivity index (χ1v) is 7.68. The van der Waals surface area contributed by atoms with Gasteiger partial charge in [0.25, 0.3) is 11.5 Å². The van der Waals surface area contributed by atoms with Crippen molar-refractivity contribution in [3.8, 4) is 5.75 Å². The number of aromatic amines is 1. The van der Waals surface area contributed by atoms with Crippen LogP contribution in [0.15, 0.2) is 41.2 Å². The van der Waals surface area contributed by atoms with Gasteiger partial charge < -0.3 is 14.6 Å². The largest absolute Gasteiger partial charge is 0.492 e. The zero-order valence-corrected chi connectivity index (χ0v) is 13.8. The van der Waals surface area contributed by atoms with E-state index < -0.39 is 0 Å². The highest BCUT2D eigenvalue weighted by Crippen LogP contribution is 2.12. The van der Waals surface area contributed by atoms with Crippen LogP contribution in [0, 0.1) is 6.92 Å². The number of nitrogens with one attached hydrogen (secondary N) is 1. The molecule has 1 aromatic carbocycles. The molecular formula is C18H22N2O3. The maximum absolute atomic E-state index is 12.3. The molecule has 0 fully saturated rings. The van der Waals surface area contributed by atoms with Gasteiger partial charge in [-0.3, -0.25) is 9.59 Å². The first kappa shape index (κ1) is 16.8. The molecule has 5 nitrogen and oxygen atoms in total. The fourth-order valence-corrected chi connectivity index (χ4v) is 2.17. The number of ether oxygens (including phenoxy) is 1. The predicted octanol–water partition coefficient (Wildman–Crippen LogP) is 2.40. The summed E-state index contributed by atoms with van der Waals surface area (Å²) in [6, 6.07) is 11.2. The molecule has 1 amide bonds. The van der Waals surface area contributed by atoms with Gasteiger partial charge in [-0.15, -0.1) is 0 Å². The molecule has 0 aliphatic heterocycles. The van der Waals surface area contributed by atoms with Gasteiger partial charge in [0.1, 0.15) is 17.9 Å². The number of aryl methyl sites for hydroxylation is 2. The molecule has 23 heavy (non-hydrogen) atoms. The fourth-order valence-electron chi connectivity index (χ4n) is 2.17. The second kappa shape index (κ2) is 7.63. The molecule has 2 aromatic rings. The molecule has 122 valence electrons. The molecule has 1 heterocycles. The van der Waals surface area contributed by atoms with Crippen LogP contribution in [-0.4, -0.2) is 36.0 Å². The van der Waals surface area contributed by atoms with Crippen molar-refractivity contribution in [3.63, 3.8) is 0 Å². The summed E-state index contributed by atoms with van der Waals surface area (Å²) in [4.78, 5) is 28.2. The quantitative estimate of drug-likeness (QED) is 0.890. The Kier molecular flexibility index (Phi) is 5.57. The molecule has 0 aliphatic carbocycles. The van der Waals surface area contributed by atoms with E-state index >= 15 is 0 Å². The molecule has 5 heteroatoms. The van der Waals surface area contributed by atoms with Crippen molar-refractivity contribution < 1.29 is 9.53 Å². The SMILES string of the molecule is CCc1ccc(OCCN(C)C(=O)c2ccc(C)[nH]c2=O)cc1. The van der Waals surface area contributed by atoms with Crippen molar-refractivity contribution >= 4 is 5.91 Å². The fraction of sp³-hybridized carbons (Fsp3) is 0.333. The minimum Gasteiger partial charge on any atom is -0.492 e. The Morgan fingerprint density at radius 1 is 1.17 bits per heavy atom. The zero-order valence-electron chi connectivity index (χ0n) is 13.8. The standard InChI is InChI=1S/C18H22N2O3/c1-4-14-6-8-15(9-7-14)23-12-11-20(3)18(22)16-10-5-13(2)19-17(16)21/h5-10H,4,11-12H2,1-3H3,(H,19,21). The van der Waals surface area contributed by atoms with Crippen LogP contribution in [0.4, 0.5) is 0 Å². The van der Waals surface area contributed by atoms with Crippen molar-refractivity contribution in [1.29, 1.82) is 0 Å². The van der Waals surface area contributed by atoms with Gasteiger partial charge in [-0.1, -0.05) is 19.1 Å². The number of likely N-dealkylation sites (N-methyl/N-ethyl adjacent to an activating group) is 1. The molecule has 0 atom stereocenters. The number of carbonyl (C=O) groups is 1. The molecule has 0 bridgehead atoms. The summed E-state index contributed by atoms with van der Waals surface area (Å²) in [5.41, 5.74) is 1.76. The van der Waals surface area contributed by atoms with Gasteiger partial charge >= 0.3 is 0 Å². The number of hydrogen-bond acceptors (Lipinski definition) is 3. The van der Waals surface area contributed by atoms with E-state index in [1.165, 1.54) is 10.5 Å². The van der Waals surface area contributed by atoms with E-state index in [1.54, 1.807) is 26.1 Å². The third-order valence-corrected chi connectivity index (χ3v) is 3.66. The summed E-state index contributed by atoms with van der Waals surface area (Å²) < 4.78 is 5.63. The summed E-state index contributed by atoms with van der Waals surface area (Å²) in [6.45, 7) is 4.65. The highest BCUT2D eigenvalue weighted by atomic mass is 16.5. The Bertz CT molecular complexity index is 720. The Morgan fingerprint density at radius 2 is 1.87 bits per heavy atom. The van der Waals surface area contributed by atoms with Crippen LogP contribution in [0.5, 0.6) is 5.75 Å². The van der Waals surface area contributed by atoms with E-state index in [0.29, 0.717) is 13.2 Å². The van der Waals surface area contributed by atoms with E-state index in [1.807, 2.05) is 24.3 Å². The Balaban J connectivity index is 1.89. The summed E-state index contributed by atoms with van der Waals surface area (Å²) >= 11 is 0. The predicted molar refractivity (Wildman–Crippen MR) is 90.1 cm³/mol. The lowest BCUT2D eigenvalue weighted by atomic mass is 10.2. The lowest BCUT2D eigenvalue weighted by Crippen LogP contribution is -2.34. The lowest BCUT2D eigenvalue weighted by Gasteiger charge is -2.17. The number of amides is 1. The van der Waals surface area contributed by atoms with Crippen molar-refractivity contribution in [1.82, 2.24) is 9.88 Å². The van der Waals surface area contributed by atoms with Crippen LogP contribution in [0.25, 0.3) is 0 Å². The normalized spacial score (nSPS) is 10.4. The molecule has 0 spiro atoms. The zero-order chi connectivity index (χ0) is 16.8. The molecule has 1 aromatic heterocycles. The highest BCUT2D eigenvalue weighted by Gasteiger charge is 2.15. The summed E-state index contributed by atoms with van der Waals surface area (Å²) in [6.07, 6.45) is 0.989. The minimum atomic E-state index is -0.363. The van der Waals surface area contributed by atoms with Crippen LogP contribution >= 0.6 is 0 Å². The molecule has 0 aliphatic rings. The molecule has 0 saturated carbocycles. The van der Waals surface area contributed by atoms with Crippen molar-refractivity contribution in [3.05, 3.63) is 63.6 Å². The van der Waals surface area contributed by atoms with Gasteiger partial charge in [0, 0.05) is 12.7 Å². The second-order valence-electron chi connectivity index (χ2n) is 5.46. The lowest BCUT2D eigenvalue weighted by molar-refractivity contribution is 0.0772. The van der Waals surface area contributed by atoms with Crippen LogP contribution in [0.2, 0.25) is 0 Å². The van der Waals surface area contributed by atoms with E-state index in [9.17, 15) is 9.59 Å². The Morgan fingerprint density at radius 3 is 2.48 bits per heavy atom. The smallest absolute Gasteiger partial charge is 0.260 e. The topological polar surface area (TPSA) is 62.4 Å². The first-order chi connectivity index (χ1) is 11.0. The van der Waals surface area contributed by atoms with E-state index in [4.69, 9.17) is 4.74 Å². The Labute approximate surface area is 135 Å². The monoisotopic (exact) mass is 314 g/mol. The molecule has 0 unspecified atom stereocenters. The van der Waals surface area contributed by atoms with Crippen LogP contribution < -0.4 is 10.3 Å². The second-order valence-corrected chi connectivity index (χ2v) is 5.46. The number of hydrogen-bond donors (Lipinski definition) is 1.